The zero-order chi connectivity index (χ0) is 16.2. The maximum atomic E-state index is 11.6. The number of benzene rings is 1. The van der Waals surface area contributed by atoms with Crippen LogP contribution in [0.4, 0.5) is 0 Å². The first kappa shape index (κ1) is 17.3. The molecule has 1 aromatic carbocycles. The molecule has 7 nitrogen and oxygen atoms in total. The van der Waals surface area contributed by atoms with E-state index in [1.54, 1.807) is 14.0 Å². The molecular weight excluding hydrogens is 322 g/mol. The van der Waals surface area contributed by atoms with E-state index < -0.39 is 19.9 Å². The van der Waals surface area contributed by atoms with Gasteiger partial charge in [-0.05, 0) is 25.1 Å². The van der Waals surface area contributed by atoms with Crippen LogP contribution in [0.5, 0.6) is 5.75 Å². The number of hydrogen-bond donors (Lipinski definition) is 1. The first-order chi connectivity index (χ1) is 9.66. The number of rotatable bonds is 6. The molecule has 0 aliphatic carbocycles. The number of carboxylic acids is 1. The Kier molecular flexibility index (Phi) is 5.56. The fourth-order valence-corrected chi connectivity index (χ4v) is 2.37. The highest BCUT2D eigenvalue weighted by Crippen LogP contribution is 2.28. The second-order valence-corrected chi connectivity index (χ2v) is 6.64. The largest absolute Gasteiger partial charge is 0.482 e. The van der Waals surface area contributed by atoms with Gasteiger partial charge in [0.05, 0.1) is 5.56 Å². The van der Waals surface area contributed by atoms with Crippen molar-refractivity contribution in [3.05, 3.63) is 23.8 Å². The second kappa shape index (κ2) is 6.77. The van der Waals surface area contributed by atoms with Gasteiger partial charge in [0.15, 0.2) is 6.61 Å². The number of nitrogens with zero attached hydrogens (tertiary/aromatic N) is 1. The van der Waals surface area contributed by atoms with Crippen molar-refractivity contribution in [2.45, 2.75) is 11.8 Å². The highest BCUT2D eigenvalue weighted by Gasteiger charge is 2.20. The molecule has 1 N–H and O–H groups in total. The average molecular weight is 336 g/mol. The fourth-order valence-electron chi connectivity index (χ4n) is 1.38. The van der Waals surface area contributed by atoms with Crippen LogP contribution in [-0.2, 0) is 13.8 Å². The number of halogens is 1. The minimum Gasteiger partial charge on any atom is -0.482 e. The molecular formula is C12H14ClNO6S. The van der Waals surface area contributed by atoms with Crippen LogP contribution in [0.2, 0.25) is 0 Å². The number of carboxylic acid groups (broad SMARTS) is 1. The molecule has 21 heavy (non-hydrogen) atoms. The van der Waals surface area contributed by atoms with Crippen LogP contribution in [0.3, 0.4) is 0 Å². The zero-order valence-electron chi connectivity index (χ0n) is 11.4. The van der Waals surface area contributed by atoms with E-state index in [2.05, 4.69) is 0 Å². The molecule has 116 valence electrons. The lowest BCUT2D eigenvalue weighted by atomic mass is 10.2. The lowest BCUT2D eigenvalue weighted by Crippen LogP contribution is -2.31. The van der Waals surface area contributed by atoms with E-state index in [1.165, 1.54) is 4.90 Å². The molecule has 1 amide bonds. The van der Waals surface area contributed by atoms with Crippen molar-refractivity contribution in [2.75, 3.05) is 20.2 Å². The minimum atomic E-state index is -4.20. The third kappa shape index (κ3) is 4.61. The van der Waals surface area contributed by atoms with E-state index in [9.17, 15) is 18.0 Å². The van der Waals surface area contributed by atoms with E-state index in [-0.39, 0.29) is 23.8 Å². The average Bonchev–Trinajstić information content (AvgIpc) is 2.42. The van der Waals surface area contributed by atoms with E-state index >= 15 is 0 Å². The summed E-state index contributed by atoms with van der Waals surface area (Å²) in [7, 11) is 2.61. The molecule has 1 aromatic rings. The van der Waals surface area contributed by atoms with Gasteiger partial charge >= 0.3 is 5.97 Å². The Hall–Kier alpha value is -1.80. The summed E-state index contributed by atoms with van der Waals surface area (Å²) in [5.74, 6) is -1.82. The third-order valence-corrected chi connectivity index (χ3v) is 4.05. The summed E-state index contributed by atoms with van der Waals surface area (Å²) in [6, 6.07) is 3.20. The summed E-state index contributed by atoms with van der Waals surface area (Å²) in [5.41, 5.74) is -0.251. The summed E-state index contributed by atoms with van der Waals surface area (Å²) in [6.07, 6.45) is 0. The van der Waals surface area contributed by atoms with Gasteiger partial charge in [-0.15, -0.1) is 0 Å². The van der Waals surface area contributed by atoms with Crippen LogP contribution in [-0.4, -0.2) is 50.5 Å². The molecule has 0 aromatic heterocycles. The molecule has 0 heterocycles. The van der Waals surface area contributed by atoms with Crippen LogP contribution in [0.1, 0.15) is 17.3 Å². The van der Waals surface area contributed by atoms with Crippen LogP contribution in [0, 0.1) is 0 Å². The summed E-state index contributed by atoms with van der Waals surface area (Å²) >= 11 is 0. The standard InChI is InChI=1S/C12H14ClNO6S/c1-3-14(2)11(15)7-20-9-5-4-8(12(16)17)6-10(9)21(13,18)19/h4-6H,3,7H2,1-2H3,(H,16,17). The Balaban J connectivity index is 3.07. The molecule has 0 bridgehead atoms. The highest BCUT2D eigenvalue weighted by atomic mass is 35.7. The van der Waals surface area contributed by atoms with E-state index in [4.69, 9.17) is 20.5 Å². The van der Waals surface area contributed by atoms with Crippen LogP contribution >= 0.6 is 10.7 Å². The van der Waals surface area contributed by atoms with Crippen molar-refractivity contribution in [2.24, 2.45) is 0 Å². The molecule has 0 aliphatic rings. The van der Waals surface area contributed by atoms with E-state index in [0.717, 1.165) is 18.2 Å². The quantitative estimate of drug-likeness (QED) is 0.783. The fraction of sp³-hybridized carbons (Fsp3) is 0.333. The molecule has 1 rings (SSSR count). The van der Waals surface area contributed by atoms with Crippen LogP contribution in [0.25, 0.3) is 0 Å². The zero-order valence-corrected chi connectivity index (χ0v) is 12.9. The van der Waals surface area contributed by atoms with Gasteiger partial charge < -0.3 is 14.7 Å². The topological polar surface area (TPSA) is 101 Å². The third-order valence-electron chi connectivity index (χ3n) is 2.70. The normalized spacial score (nSPS) is 11.0. The molecule has 0 saturated heterocycles. The molecule has 0 aliphatic heterocycles. The van der Waals surface area contributed by atoms with Gasteiger partial charge in [-0.3, -0.25) is 4.79 Å². The Labute approximate surface area is 126 Å². The van der Waals surface area contributed by atoms with Crippen LogP contribution in [0.15, 0.2) is 23.1 Å². The predicted molar refractivity (Wildman–Crippen MR) is 75.2 cm³/mol. The number of ether oxygens (including phenoxy) is 1. The number of hydrogen-bond acceptors (Lipinski definition) is 5. The van der Waals surface area contributed by atoms with Crippen molar-refractivity contribution in [3.63, 3.8) is 0 Å². The Bertz CT molecular complexity index is 658. The number of likely N-dealkylation sites (N-methyl/N-ethyl adjacent to an activating group) is 1. The monoisotopic (exact) mass is 335 g/mol. The Morgan fingerprint density at radius 2 is 2.00 bits per heavy atom. The first-order valence-corrected chi connectivity index (χ1v) is 8.16. The Morgan fingerprint density at radius 3 is 2.48 bits per heavy atom. The molecule has 0 unspecified atom stereocenters. The predicted octanol–water partition coefficient (Wildman–Crippen LogP) is 1.17. The van der Waals surface area contributed by atoms with Crippen molar-refractivity contribution in [1.29, 1.82) is 0 Å². The molecule has 0 saturated carbocycles. The van der Waals surface area contributed by atoms with Crippen molar-refractivity contribution < 1.29 is 27.9 Å². The van der Waals surface area contributed by atoms with Gasteiger partial charge in [0, 0.05) is 24.3 Å². The van der Waals surface area contributed by atoms with Gasteiger partial charge in [0.25, 0.3) is 15.0 Å². The van der Waals surface area contributed by atoms with Gasteiger partial charge in [-0.25, -0.2) is 13.2 Å². The highest BCUT2D eigenvalue weighted by molar-refractivity contribution is 8.13. The minimum absolute atomic E-state index is 0.173. The van der Waals surface area contributed by atoms with E-state index in [0.29, 0.717) is 6.54 Å². The van der Waals surface area contributed by atoms with Crippen molar-refractivity contribution in [3.8, 4) is 5.75 Å². The summed E-state index contributed by atoms with van der Waals surface area (Å²) < 4.78 is 28.1. The van der Waals surface area contributed by atoms with Crippen LogP contribution < -0.4 is 4.74 Å². The smallest absolute Gasteiger partial charge is 0.335 e. The number of carbonyl (C=O) groups excluding carboxylic acids is 1. The SMILES string of the molecule is CCN(C)C(=O)COc1ccc(C(=O)O)cc1S(=O)(=O)Cl. The molecule has 0 fully saturated rings. The lowest BCUT2D eigenvalue weighted by molar-refractivity contribution is -0.131. The summed E-state index contributed by atoms with van der Waals surface area (Å²) in [6.45, 7) is 1.87. The molecule has 0 radical (unpaired) electrons. The first-order valence-electron chi connectivity index (χ1n) is 5.85. The lowest BCUT2D eigenvalue weighted by Gasteiger charge is -2.15. The van der Waals surface area contributed by atoms with Gasteiger partial charge in [-0.2, -0.15) is 0 Å². The summed E-state index contributed by atoms with van der Waals surface area (Å²) in [4.78, 5) is 23.4. The van der Waals surface area contributed by atoms with Crippen molar-refractivity contribution in [1.82, 2.24) is 4.90 Å². The van der Waals surface area contributed by atoms with Gasteiger partial charge in [0.1, 0.15) is 10.6 Å². The number of amides is 1. The maximum Gasteiger partial charge on any atom is 0.335 e. The van der Waals surface area contributed by atoms with E-state index in [1.807, 2.05) is 0 Å². The number of aromatic carboxylic acids is 1. The second-order valence-electron chi connectivity index (χ2n) is 4.10. The summed E-state index contributed by atoms with van der Waals surface area (Å²) in [5, 5.41) is 8.85. The number of carbonyl (C=O) groups is 2. The van der Waals surface area contributed by atoms with Gasteiger partial charge in [0.2, 0.25) is 0 Å². The maximum absolute atomic E-state index is 11.6. The van der Waals surface area contributed by atoms with Crippen molar-refractivity contribution >= 4 is 31.6 Å². The molecule has 0 spiro atoms. The van der Waals surface area contributed by atoms with Gasteiger partial charge in [-0.1, -0.05) is 0 Å². The molecule has 9 heteroatoms. The Morgan fingerprint density at radius 1 is 1.38 bits per heavy atom. The molecule has 0 atom stereocenters.